The topological polar surface area (TPSA) is 52.6 Å². The van der Waals surface area contributed by atoms with E-state index < -0.39 is 18.2 Å². The van der Waals surface area contributed by atoms with Gasteiger partial charge in [-0.15, -0.1) is 0 Å². The zero-order valence-corrected chi connectivity index (χ0v) is 13.0. The van der Waals surface area contributed by atoms with Crippen molar-refractivity contribution in [2.45, 2.75) is 38.9 Å². The van der Waals surface area contributed by atoms with Crippen LogP contribution in [0.25, 0.3) is 0 Å². The lowest BCUT2D eigenvalue weighted by atomic mass is 10.2. The number of hydrogen-bond acceptors (Lipinski definition) is 4. The maximum Gasteiger partial charge on any atom is 0.264 e. The third kappa shape index (κ3) is 6.62. The summed E-state index contributed by atoms with van der Waals surface area (Å²) in [6.45, 7) is 11.6. The maximum absolute atomic E-state index is 10.7. The fourth-order valence-corrected chi connectivity index (χ4v) is 2.25. The smallest absolute Gasteiger partial charge is 0.264 e. The second kappa shape index (κ2) is 5.62. The molecule has 0 aromatic heterocycles. The Balaban J connectivity index is 3.84. The van der Waals surface area contributed by atoms with Gasteiger partial charge in [-0.1, -0.05) is 33.9 Å². The van der Waals surface area contributed by atoms with E-state index in [0.29, 0.717) is 6.61 Å². The highest BCUT2D eigenvalue weighted by Gasteiger charge is 2.35. The normalized spacial score (nSPS) is 14.1. The van der Waals surface area contributed by atoms with Crippen LogP contribution >= 0.6 is 0 Å². The highest BCUT2D eigenvalue weighted by atomic mass is 32.2. The Bertz CT molecular complexity index is 303. The Hall–Kier alpha value is 0.0869. The van der Waals surface area contributed by atoms with E-state index >= 15 is 0 Å². The molecule has 98 valence electrons. The van der Waals surface area contributed by atoms with E-state index in [4.69, 9.17) is 4.74 Å². The molecule has 6 heteroatoms. The molecule has 0 spiro atoms. The summed E-state index contributed by atoms with van der Waals surface area (Å²) in [6, 6.07) is 0. The summed E-state index contributed by atoms with van der Waals surface area (Å²) in [6.07, 6.45) is 1.77. The van der Waals surface area contributed by atoms with Crippen LogP contribution in [-0.2, 0) is 19.0 Å². The molecule has 0 aromatic rings. The van der Waals surface area contributed by atoms with Gasteiger partial charge in [0.25, 0.3) is 10.1 Å². The zero-order chi connectivity index (χ0) is 13.0. The van der Waals surface area contributed by atoms with Gasteiger partial charge in [0, 0.05) is 6.23 Å². The standard InChI is InChI=1S/C10H24O4SSi/c1-10(2,3)16(5,6)9-13-7-8-14-15(4,11)12/h7-9H2,1-6H3. The quantitative estimate of drug-likeness (QED) is 0.420. The molecule has 0 atom stereocenters. The van der Waals surface area contributed by atoms with Crippen molar-refractivity contribution in [1.29, 1.82) is 0 Å². The van der Waals surface area contributed by atoms with Crippen LogP contribution in [0.3, 0.4) is 0 Å². The molecule has 0 radical (unpaired) electrons. The first-order valence-electron chi connectivity index (χ1n) is 5.38. The molecule has 16 heavy (non-hydrogen) atoms. The lowest BCUT2D eigenvalue weighted by Crippen LogP contribution is -2.42. The Labute approximate surface area is 100 Å². The SMILES string of the molecule is CC(C)(C)[Si](C)(C)COCCOS(C)(=O)=O. The van der Waals surface area contributed by atoms with Gasteiger partial charge in [-0.25, -0.2) is 0 Å². The number of rotatable bonds is 6. The average molecular weight is 268 g/mol. The van der Waals surface area contributed by atoms with Crippen molar-refractivity contribution in [3.8, 4) is 0 Å². The number of ether oxygens (including phenoxy) is 1. The van der Waals surface area contributed by atoms with Gasteiger partial charge in [0.1, 0.15) is 0 Å². The lowest BCUT2D eigenvalue weighted by Gasteiger charge is -2.36. The van der Waals surface area contributed by atoms with Crippen LogP contribution in [0.1, 0.15) is 20.8 Å². The molecule has 0 saturated carbocycles. The molecule has 0 rings (SSSR count). The maximum atomic E-state index is 10.7. The van der Waals surface area contributed by atoms with Crippen molar-refractivity contribution < 1.29 is 17.3 Å². The van der Waals surface area contributed by atoms with Gasteiger partial charge in [-0.3, -0.25) is 4.18 Å². The van der Waals surface area contributed by atoms with E-state index in [1.807, 2.05) is 0 Å². The molecule has 0 amide bonds. The van der Waals surface area contributed by atoms with Crippen LogP contribution in [0.2, 0.25) is 18.1 Å². The predicted octanol–water partition coefficient (Wildman–Crippen LogP) is 2.03. The Kier molecular flexibility index (Phi) is 5.65. The summed E-state index contributed by atoms with van der Waals surface area (Å²) in [5.41, 5.74) is 0. The van der Waals surface area contributed by atoms with Gasteiger partial charge in [0.05, 0.1) is 27.5 Å². The lowest BCUT2D eigenvalue weighted by molar-refractivity contribution is 0.130. The fraction of sp³-hybridized carbons (Fsp3) is 1.00. The molecular formula is C10H24O4SSi. The third-order valence-electron chi connectivity index (χ3n) is 3.02. The summed E-state index contributed by atoms with van der Waals surface area (Å²) < 4.78 is 31.4. The van der Waals surface area contributed by atoms with Crippen molar-refractivity contribution in [2.75, 3.05) is 25.7 Å². The molecular weight excluding hydrogens is 244 g/mol. The minimum absolute atomic E-state index is 0.105. The van der Waals surface area contributed by atoms with Crippen molar-refractivity contribution >= 4 is 18.2 Å². The molecule has 0 heterocycles. The molecule has 0 fully saturated rings. The second-order valence-electron chi connectivity index (χ2n) is 5.71. The Morgan fingerprint density at radius 2 is 1.62 bits per heavy atom. The highest BCUT2D eigenvalue weighted by molar-refractivity contribution is 7.85. The summed E-state index contributed by atoms with van der Waals surface area (Å²) in [5.74, 6) is 0. The van der Waals surface area contributed by atoms with Crippen molar-refractivity contribution in [3.63, 3.8) is 0 Å². The highest BCUT2D eigenvalue weighted by Crippen LogP contribution is 2.35. The summed E-state index contributed by atoms with van der Waals surface area (Å²) in [5, 5.41) is 0.282. The largest absolute Gasteiger partial charge is 0.382 e. The van der Waals surface area contributed by atoms with Gasteiger partial charge in [0.15, 0.2) is 0 Å². The van der Waals surface area contributed by atoms with Crippen LogP contribution in [0.5, 0.6) is 0 Å². The molecule has 0 N–H and O–H groups in total. The van der Waals surface area contributed by atoms with E-state index in [-0.39, 0.29) is 11.6 Å². The predicted molar refractivity (Wildman–Crippen MR) is 68.8 cm³/mol. The average Bonchev–Trinajstić information content (AvgIpc) is 1.98. The first-order valence-corrected chi connectivity index (χ1v) is 10.4. The van der Waals surface area contributed by atoms with Crippen LogP contribution in [0.4, 0.5) is 0 Å². The van der Waals surface area contributed by atoms with E-state index in [9.17, 15) is 8.42 Å². The van der Waals surface area contributed by atoms with Crippen molar-refractivity contribution in [3.05, 3.63) is 0 Å². The molecule has 0 saturated heterocycles. The molecule has 4 nitrogen and oxygen atoms in total. The minimum Gasteiger partial charge on any atom is -0.382 e. The van der Waals surface area contributed by atoms with E-state index in [1.165, 1.54) is 0 Å². The van der Waals surface area contributed by atoms with Crippen LogP contribution in [0.15, 0.2) is 0 Å². The second-order valence-corrected chi connectivity index (χ2v) is 12.9. The number of hydrogen-bond donors (Lipinski definition) is 0. The molecule has 0 aromatic carbocycles. The van der Waals surface area contributed by atoms with E-state index in [0.717, 1.165) is 12.5 Å². The van der Waals surface area contributed by atoms with Crippen LogP contribution in [0, 0.1) is 0 Å². The summed E-state index contributed by atoms with van der Waals surface area (Å²) in [4.78, 5) is 0. The summed E-state index contributed by atoms with van der Waals surface area (Å²) in [7, 11) is -4.77. The third-order valence-corrected chi connectivity index (χ3v) is 8.60. The minimum atomic E-state index is -3.34. The van der Waals surface area contributed by atoms with E-state index in [1.54, 1.807) is 0 Å². The van der Waals surface area contributed by atoms with Crippen molar-refractivity contribution in [2.24, 2.45) is 0 Å². The monoisotopic (exact) mass is 268 g/mol. The molecule has 0 aliphatic heterocycles. The molecule has 0 aliphatic carbocycles. The van der Waals surface area contributed by atoms with Crippen molar-refractivity contribution in [1.82, 2.24) is 0 Å². The van der Waals surface area contributed by atoms with Gasteiger partial charge >= 0.3 is 0 Å². The fourth-order valence-electron chi connectivity index (χ4n) is 0.788. The Morgan fingerprint density at radius 3 is 2.00 bits per heavy atom. The Morgan fingerprint density at radius 1 is 1.12 bits per heavy atom. The van der Waals surface area contributed by atoms with Gasteiger partial charge in [-0.2, -0.15) is 8.42 Å². The first-order chi connectivity index (χ1) is 6.96. The first kappa shape index (κ1) is 16.1. The van der Waals surface area contributed by atoms with Crippen LogP contribution in [-0.4, -0.2) is 42.2 Å². The van der Waals surface area contributed by atoms with E-state index in [2.05, 4.69) is 38.0 Å². The molecule has 0 aliphatic rings. The van der Waals surface area contributed by atoms with Crippen LogP contribution < -0.4 is 0 Å². The van der Waals surface area contributed by atoms with Gasteiger partial charge < -0.3 is 4.74 Å². The van der Waals surface area contributed by atoms with Gasteiger partial charge in [0.2, 0.25) is 0 Å². The zero-order valence-electron chi connectivity index (χ0n) is 11.2. The molecule has 0 unspecified atom stereocenters. The molecule has 0 bridgehead atoms. The van der Waals surface area contributed by atoms with Gasteiger partial charge in [-0.05, 0) is 5.04 Å². The summed E-state index contributed by atoms with van der Waals surface area (Å²) >= 11 is 0.